The highest BCUT2D eigenvalue weighted by molar-refractivity contribution is 5.43. The number of hydrogen-bond donors (Lipinski definition) is 2. The summed E-state index contributed by atoms with van der Waals surface area (Å²) in [7, 11) is 1.67. The van der Waals surface area contributed by atoms with E-state index in [1.807, 2.05) is 12.1 Å². The van der Waals surface area contributed by atoms with Crippen LogP contribution in [0.15, 0.2) is 18.2 Å². The van der Waals surface area contributed by atoms with Gasteiger partial charge >= 0.3 is 0 Å². The fraction of sp³-hybridized carbons (Fsp3) is 0.739. The van der Waals surface area contributed by atoms with Gasteiger partial charge in [-0.15, -0.1) is 0 Å². The SMILES string of the molecule is CCN(CC)C[C@H](O)COc1ccc(CNC2CCCCCCC2)cc1OC. The summed E-state index contributed by atoms with van der Waals surface area (Å²) in [5.41, 5.74) is 1.20. The monoisotopic (exact) mass is 392 g/mol. The van der Waals surface area contributed by atoms with Gasteiger partial charge in [0.05, 0.1) is 7.11 Å². The summed E-state index contributed by atoms with van der Waals surface area (Å²) in [6.45, 7) is 7.81. The van der Waals surface area contributed by atoms with Gasteiger partial charge in [0.25, 0.3) is 0 Å². The second-order valence-corrected chi connectivity index (χ2v) is 7.86. The van der Waals surface area contributed by atoms with E-state index in [1.165, 1.54) is 50.5 Å². The number of ether oxygens (including phenoxy) is 2. The molecule has 1 aliphatic carbocycles. The second kappa shape index (κ2) is 13.0. The zero-order chi connectivity index (χ0) is 20.2. The molecule has 1 aromatic rings. The van der Waals surface area contributed by atoms with Crippen molar-refractivity contribution in [2.75, 3.05) is 33.4 Å². The molecule has 0 aromatic heterocycles. The fourth-order valence-electron chi connectivity index (χ4n) is 3.88. The summed E-state index contributed by atoms with van der Waals surface area (Å²) >= 11 is 0. The van der Waals surface area contributed by atoms with Crippen molar-refractivity contribution in [3.8, 4) is 11.5 Å². The highest BCUT2D eigenvalue weighted by atomic mass is 16.5. The lowest BCUT2D eigenvalue weighted by Gasteiger charge is -2.23. The number of methoxy groups -OCH3 is 1. The molecule has 2 rings (SSSR count). The third-order valence-electron chi connectivity index (χ3n) is 5.72. The molecule has 0 radical (unpaired) electrons. The number of nitrogens with zero attached hydrogens (tertiary/aromatic N) is 1. The quantitative estimate of drug-likeness (QED) is 0.597. The first-order chi connectivity index (χ1) is 13.7. The third kappa shape index (κ3) is 7.98. The Morgan fingerprint density at radius 2 is 1.75 bits per heavy atom. The van der Waals surface area contributed by atoms with Gasteiger partial charge in [-0.2, -0.15) is 0 Å². The van der Waals surface area contributed by atoms with Crippen molar-refractivity contribution in [1.82, 2.24) is 10.2 Å². The largest absolute Gasteiger partial charge is 0.493 e. The molecule has 0 aliphatic heterocycles. The molecule has 1 fully saturated rings. The fourth-order valence-corrected chi connectivity index (χ4v) is 3.88. The van der Waals surface area contributed by atoms with Gasteiger partial charge in [-0.1, -0.05) is 52.0 Å². The molecular formula is C23H40N2O3. The van der Waals surface area contributed by atoms with E-state index < -0.39 is 6.10 Å². The zero-order valence-corrected chi connectivity index (χ0v) is 18.1. The summed E-state index contributed by atoms with van der Waals surface area (Å²) in [5, 5.41) is 13.9. The highest BCUT2D eigenvalue weighted by Gasteiger charge is 2.14. The summed E-state index contributed by atoms with van der Waals surface area (Å²) in [6, 6.07) is 6.71. The van der Waals surface area contributed by atoms with E-state index in [0.717, 1.165) is 25.4 Å². The van der Waals surface area contributed by atoms with Gasteiger partial charge in [0.15, 0.2) is 11.5 Å². The summed E-state index contributed by atoms with van der Waals surface area (Å²) in [6.07, 6.45) is 8.87. The predicted molar refractivity (Wildman–Crippen MR) is 115 cm³/mol. The van der Waals surface area contributed by atoms with Gasteiger partial charge in [-0.25, -0.2) is 0 Å². The standard InChI is InChI=1S/C23H40N2O3/c1-4-25(5-2)17-21(26)18-28-22-14-13-19(15-23(22)27-3)16-24-20-11-9-7-6-8-10-12-20/h13-15,20-21,24,26H,4-12,16-18H2,1-3H3/t21-/m0/s1. The van der Waals surface area contributed by atoms with Crippen molar-refractivity contribution in [3.05, 3.63) is 23.8 Å². The number of nitrogens with one attached hydrogen (secondary N) is 1. The van der Waals surface area contributed by atoms with Crippen LogP contribution in [0.5, 0.6) is 11.5 Å². The second-order valence-electron chi connectivity index (χ2n) is 7.86. The maximum absolute atomic E-state index is 10.2. The third-order valence-corrected chi connectivity index (χ3v) is 5.72. The number of rotatable bonds is 11. The van der Waals surface area contributed by atoms with Gasteiger partial charge in [-0.05, 0) is 43.6 Å². The lowest BCUT2D eigenvalue weighted by molar-refractivity contribution is 0.0705. The zero-order valence-electron chi connectivity index (χ0n) is 18.1. The van der Waals surface area contributed by atoms with Crippen LogP contribution < -0.4 is 14.8 Å². The molecule has 1 aromatic carbocycles. The minimum Gasteiger partial charge on any atom is -0.493 e. The molecule has 1 aliphatic rings. The average molecular weight is 393 g/mol. The predicted octanol–water partition coefficient (Wildman–Crippen LogP) is 3.98. The Morgan fingerprint density at radius 1 is 1.07 bits per heavy atom. The molecule has 0 spiro atoms. The van der Waals surface area contributed by atoms with E-state index in [9.17, 15) is 5.11 Å². The summed E-state index contributed by atoms with van der Waals surface area (Å²) in [5.74, 6) is 1.42. The van der Waals surface area contributed by atoms with E-state index in [4.69, 9.17) is 9.47 Å². The maximum Gasteiger partial charge on any atom is 0.161 e. The number of hydrogen-bond acceptors (Lipinski definition) is 5. The molecule has 0 bridgehead atoms. The molecule has 2 N–H and O–H groups in total. The first kappa shape index (κ1) is 23.0. The highest BCUT2D eigenvalue weighted by Crippen LogP contribution is 2.28. The van der Waals surface area contributed by atoms with Gasteiger partial charge < -0.3 is 24.8 Å². The molecular weight excluding hydrogens is 352 g/mol. The molecule has 0 heterocycles. The summed E-state index contributed by atoms with van der Waals surface area (Å²) < 4.78 is 11.4. The van der Waals surface area contributed by atoms with Crippen molar-refractivity contribution in [2.45, 2.75) is 77.5 Å². The van der Waals surface area contributed by atoms with Crippen LogP contribution in [0.3, 0.4) is 0 Å². The Balaban J connectivity index is 1.84. The maximum atomic E-state index is 10.2. The molecule has 1 atom stereocenters. The molecule has 160 valence electrons. The molecule has 28 heavy (non-hydrogen) atoms. The first-order valence-electron chi connectivity index (χ1n) is 11.1. The number of benzene rings is 1. The van der Waals surface area contributed by atoms with Gasteiger partial charge in [-0.3, -0.25) is 0 Å². The number of aliphatic hydroxyl groups excluding tert-OH is 1. The van der Waals surface area contributed by atoms with E-state index in [-0.39, 0.29) is 6.61 Å². The van der Waals surface area contributed by atoms with Crippen LogP contribution in [0.1, 0.15) is 64.4 Å². The Hall–Kier alpha value is -1.30. The van der Waals surface area contributed by atoms with Crippen LogP contribution in [0.2, 0.25) is 0 Å². The number of likely N-dealkylation sites (N-methyl/N-ethyl adjacent to an activating group) is 1. The van der Waals surface area contributed by atoms with Gasteiger partial charge in [0, 0.05) is 19.1 Å². The topological polar surface area (TPSA) is 54.0 Å². The van der Waals surface area contributed by atoms with E-state index in [1.54, 1.807) is 7.11 Å². The minimum absolute atomic E-state index is 0.270. The van der Waals surface area contributed by atoms with Crippen LogP contribution in [0, 0.1) is 0 Å². The normalized spacial score (nSPS) is 17.2. The molecule has 1 saturated carbocycles. The van der Waals surface area contributed by atoms with Crippen molar-refractivity contribution in [2.24, 2.45) is 0 Å². The van der Waals surface area contributed by atoms with E-state index >= 15 is 0 Å². The lowest BCUT2D eigenvalue weighted by Crippen LogP contribution is -2.35. The Labute approximate surface area is 171 Å². The minimum atomic E-state index is -0.509. The van der Waals surface area contributed by atoms with E-state index in [2.05, 4.69) is 30.1 Å². The van der Waals surface area contributed by atoms with Crippen LogP contribution in [0.4, 0.5) is 0 Å². The van der Waals surface area contributed by atoms with Crippen molar-refractivity contribution >= 4 is 0 Å². The van der Waals surface area contributed by atoms with Crippen molar-refractivity contribution in [3.63, 3.8) is 0 Å². The van der Waals surface area contributed by atoms with Gasteiger partial charge in [0.2, 0.25) is 0 Å². The van der Waals surface area contributed by atoms with Crippen LogP contribution >= 0.6 is 0 Å². The molecule has 5 nitrogen and oxygen atoms in total. The first-order valence-corrected chi connectivity index (χ1v) is 11.1. The van der Waals surface area contributed by atoms with Crippen molar-refractivity contribution in [1.29, 1.82) is 0 Å². The number of aliphatic hydroxyl groups is 1. The molecule has 0 amide bonds. The van der Waals surface area contributed by atoms with Crippen LogP contribution in [-0.2, 0) is 6.54 Å². The molecule has 5 heteroatoms. The average Bonchev–Trinajstić information content (AvgIpc) is 2.69. The molecule has 0 saturated heterocycles. The van der Waals surface area contributed by atoms with E-state index in [0.29, 0.717) is 18.3 Å². The smallest absolute Gasteiger partial charge is 0.161 e. The summed E-state index contributed by atoms with van der Waals surface area (Å²) in [4.78, 5) is 2.19. The Morgan fingerprint density at radius 3 is 2.39 bits per heavy atom. The molecule has 0 unspecified atom stereocenters. The Bertz CT molecular complexity index is 541. The lowest BCUT2D eigenvalue weighted by atomic mass is 9.96. The Kier molecular flexibility index (Phi) is 10.7. The van der Waals surface area contributed by atoms with Gasteiger partial charge in [0.1, 0.15) is 12.7 Å². The van der Waals surface area contributed by atoms with Crippen LogP contribution in [-0.4, -0.2) is 55.5 Å². The van der Waals surface area contributed by atoms with Crippen LogP contribution in [0.25, 0.3) is 0 Å². The van der Waals surface area contributed by atoms with Crippen molar-refractivity contribution < 1.29 is 14.6 Å².